The molecule has 3 aromatic rings. The third-order valence-corrected chi connectivity index (χ3v) is 6.89. The van der Waals surface area contributed by atoms with E-state index >= 15 is 0 Å². The number of allylic oxidation sites excluding steroid dienone is 3. The van der Waals surface area contributed by atoms with E-state index in [1.165, 1.54) is 18.2 Å². The van der Waals surface area contributed by atoms with Crippen molar-refractivity contribution >= 4 is 37.8 Å². The zero-order chi connectivity index (χ0) is 26.0. The first-order valence-electron chi connectivity index (χ1n) is 12.1. The molecule has 0 bridgehead atoms. The van der Waals surface area contributed by atoms with Crippen LogP contribution in [-0.4, -0.2) is 62.1 Å². The van der Waals surface area contributed by atoms with E-state index in [0.717, 1.165) is 41.6 Å². The quantitative estimate of drug-likeness (QED) is 0.209. The summed E-state index contributed by atoms with van der Waals surface area (Å²) in [5.74, 6) is 0.789. The highest BCUT2D eigenvalue weighted by atomic mass is 32.2. The van der Waals surface area contributed by atoms with E-state index in [0.29, 0.717) is 24.5 Å². The minimum absolute atomic E-state index is 0.148. The first-order chi connectivity index (χ1) is 17.4. The zero-order valence-electron chi connectivity index (χ0n) is 20.8. The van der Waals surface area contributed by atoms with E-state index in [9.17, 15) is 12.8 Å². The third-order valence-electron chi connectivity index (χ3n) is 5.61. The fraction of sp³-hybridized carbons (Fsp3) is 0.440. The lowest BCUT2D eigenvalue weighted by Crippen LogP contribution is -2.29. The van der Waals surface area contributed by atoms with Crippen LogP contribution < -0.4 is 15.8 Å². The number of halogens is 1. The van der Waals surface area contributed by atoms with Gasteiger partial charge in [0.15, 0.2) is 5.82 Å². The maximum atomic E-state index is 13.1. The summed E-state index contributed by atoms with van der Waals surface area (Å²) < 4.78 is 47.6. The van der Waals surface area contributed by atoms with Gasteiger partial charge in [-0.15, -0.1) is 0 Å². The van der Waals surface area contributed by atoms with Gasteiger partial charge in [0.1, 0.15) is 11.3 Å². The summed E-state index contributed by atoms with van der Waals surface area (Å²) in [4.78, 5) is 9.30. The van der Waals surface area contributed by atoms with Crippen molar-refractivity contribution in [3.8, 4) is 0 Å². The third kappa shape index (κ3) is 7.57. The van der Waals surface area contributed by atoms with Crippen LogP contribution in [0, 0.1) is 0 Å². The average molecular weight is 519 g/mol. The Hall–Kier alpha value is -2.86. The first kappa shape index (κ1) is 27.7. The maximum Gasteiger partial charge on any atom is 0.215 e. The minimum atomic E-state index is -3.50. The molecule has 0 fully saturated rings. The van der Waals surface area contributed by atoms with Crippen LogP contribution in [0.2, 0.25) is 0 Å². The summed E-state index contributed by atoms with van der Waals surface area (Å²) >= 11 is 0. The van der Waals surface area contributed by atoms with Crippen LogP contribution in [0.15, 0.2) is 48.3 Å². The van der Waals surface area contributed by atoms with Gasteiger partial charge in [0, 0.05) is 24.9 Å². The van der Waals surface area contributed by atoms with Gasteiger partial charge in [0.05, 0.1) is 35.8 Å². The monoisotopic (exact) mass is 518 g/mol. The second-order valence-corrected chi connectivity index (χ2v) is 10.1. The highest BCUT2D eigenvalue weighted by Crippen LogP contribution is 2.29. The van der Waals surface area contributed by atoms with Crippen molar-refractivity contribution in [1.29, 1.82) is 0 Å². The van der Waals surface area contributed by atoms with E-state index < -0.39 is 10.0 Å². The SMILES string of the molecule is CC/C(F)=C\C=C/CS(=O)(=O)NCCOCCn1c(CCCNC)nc2c(N)nc3ccccc3c21. The molecule has 0 unspecified atom stereocenters. The topological polar surface area (TPSA) is 124 Å². The number of aromatic nitrogens is 3. The first-order valence-corrected chi connectivity index (χ1v) is 13.8. The number of sulfonamides is 1. The molecular weight excluding hydrogens is 483 g/mol. The van der Waals surface area contributed by atoms with Crippen LogP contribution in [0.5, 0.6) is 0 Å². The smallest absolute Gasteiger partial charge is 0.215 e. The lowest BCUT2D eigenvalue weighted by molar-refractivity contribution is 0.131. The number of rotatable bonds is 15. The van der Waals surface area contributed by atoms with E-state index in [2.05, 4.69) is 19.6 Å². The molecule has 3 rings (SSSR count). The summed E-state index contributed by atoms with van der Waals surface area (Å²) in [6, 6.07) is 7.83. The van der Waals surface area contributed by atoms with Gasteiger partial charge in [-0.25, -0.2) is 27.5 Å². The Morgan fingerprint density at radius 1 is 1.22 bits per heavy atom. The molecule has 0 atom stereocenters. The number of para-hydroxylation sites is 1. The molecule has 4 N–H and O–H groups in total. The summed E-state index contributed by atoms with van der Waals surface area (Å²) in [5, 5.41) is 4.13. The Labute approximate surface area is 211 Å². The van der Waals surface area contributed by atoms with Crippen molar-refractivity contribution in [2.24, 2.45) is 0 Å². The highest BCUT2D eigenvalue weighted by Gasteiger charge is 2.17. The Bertz CT molecular complexity index is 1320. The van der Waals surface area contributed by atoms with Crippen LogP contribution in [0.1, 0.15) is 25.6 Å². The van der Waals surface area contributed by atoms with Crippen molar-refractivity contribution in [3.63, 3.8) is 0 Å². The molecule has 36 heavy (non-hydrogen) atoms. The summed E-state index contributed by atoms with van der Waals surface area (Å²) in [7, 11) is -1.59. The number of ether oxygens (including phenoxy) is 1. The van der Waals surface area contributed by atoms with Gasteiger partial charge in [-0.3, -0.25) is 0 Å². The normalized spacial score (nSPS) is 12.9. The van der Waals surface area contributed by atoms with Crippen molar-refractivity contribution < 1.29 is 17.5 Å². The molecule has 196 valence electrons. The van der Waals surface area contributed by atoms with Gasteiger partial charge in [-0.05, 0) is 38.6 Å². The number of nitrogens with two attached hydrogens (primary N) is 1. The van der Waals surface area contributed by atoms with Gasteiger partial charge in [-0.2, -0.15) is 0 Å². The number of aryl methyl sites for hydroxylation is 1. The molecule has 1 aromatic carbocycles. The molecule has 0 saturated carbocycles. The van der Waals surface area contributed by atoms with Crippen LogP contribution in [0.25, 0.3) is 21.9 Å². The maximum absolute atomic E-state index is 13.1. The molecule has 0 radical (unpaired) electrons. The highest BCUT2D eigenvalue weighted by molar-refractivity contribution is 7.89. The van der Waals surface area contributed by atoms with Crippen molar-refractivity contribution in [2.75, 3.05) is 44.8 Å². The molecule has 0 aliphatic heterocycles. The number of anilines is 1. The second-order valence-electron chi connectivity index (χ2n) is 8.28. The molecule has 0 amide bonds. The Morgan fingerprint density at radius 3 is 2.81 bits per heavy atom. The number of imidazole rings is 1. The number of benzene rings is 1. The molecule has 0 aliphatic carbocycles. The fourth-order valence-corrected chi connectivity index (χ4v) is 4.70. The van der Waals surface area contributed by atoms with Crippen LogP contribution in [-0.2, 0) is 27.7 Å². The number of hydrogen-bond donors (Lipinski definition) is 3. The molecule has 2 heterocycles. The van der Waals surface area contributed by atoms with E-state index in [1.807, 2.05) is 31.3 Å². The standard InChI is InChI=1S/C25H35FN6O3S/c1-3-19(26)9-6-7-18-36(33,34)29-14-16-35-17-15-32-22(12-8-13-28-2)31-23-24(32)20-10-4-5-11-21(20)30-25(23)27/h4-7,9-11,28-29H,3,8,12-18H2,1-2H3,(H2,27,30)/b7-6-,19-9+. The fourth-order valence-electron chi connectivity index (χ4n) is 3.82. The van der Waals surface area contributed by atoms with E-state index in [-0.39, 0.29) is 31.2 Å². The lowest BCUT2D eigenvalue weighted by Gasteiger charge is -2.12. The van der Waals surface area contributed by atoms with Gasteiger partial charge < -0.3 is 20.4 Å². The lowest BCUT2D eigenvalue weighted by atomic mass is 10.2. The van der Waals surface area contributed by atoms with Gasteiger partial charge in [-0.1, -0.05) is 37.3 Å². The summed E-state index contributed by atoms with van der Waals surface area (Å²) in [6.45, 7) is 3.85. The van der Waals surface area contributed by atoms with Gasteiger partial charge >= 0.3 is 0 Å². The number of nitrogen functional groups attached to an aromatic ring is 1. The van der Waals surface area contributed by atoms with E-state index in [4.69, 9.17) is 15.5 Å². The number of nitrogens with zero attached hydrogens (tertiary/aromatic N) is 3. The number of nitrogens with one attached hydrogen (secondary N) is 2. The van der Waals surface area contributed by atoms with Crippen LogP contribution >= 0.6 is 0 Å². The molecule has 2 aromatic heterocycles. The summed E-state index contributed by atoms with van der Waals surface area (Å²) in [6.07, 6.45) is 6.04. The van der Waals surface area contributed by atoms with Crippen molar-refractivity contribution in [1.82, 2.24) is 24.6 Å². The molecule has 11 heteroatoms. The second kappa shape index (κ2) is 13.4. The minimum Gasteiger partial charge on any atom is -0.382 e. The molecule has 9 nitrogen and oxygen atoms in total. The van der Waals surface area contributed by atoms with Crippen molar-refractivity contribution in [3.05, 3.63) is 54.1 Å². The molecule has 0 aliphatic rings. The predicted molar refractivity (Wildman–Crippen MR) is 143 cm³/mol. The molecular formula is C25H35FN6O3S. The van der Waals surface area contributed by atoms with E-state index in [1.54, 1.807) is 6.92 Å². The predicted octanol–water partition coefficient (Wildman–Crippen LogP) is 3.07. The average Bonchev–Trinajstić information content (AvgIpc) is 3.23. The Balaban J connectivity index is 1.62. The van der Waals surface area contributed by atoms with Gasteiger partial charge in [0.2, 0.25) is 10.0 Å². The van der Waals surface area contributed by atoms with Crippen LogP contribution in [0.3, 0.4) is 0 Å². The number of pyridine rings is 1. The zero-order valence-corrected chi connectivity index (χ0v) is 21.7. The van der Waals surface area contributed by atoms with Crippen LogP contribution in [0.4, 0.5) is 10.2 Å². The summed E-state index contributed by atoms with van der Waals surface area (Å²) in [5.41, 5.74) is 8.66. The Kier molecular flexibility index (Phi) is 10.4. The largest absolute Gasteiger partial charge is 0.382 e. The molecule has 0 spiro atoms. The number of fused-ring (bicyclic) bond motifs is 3. The van der Waals surface area contributed by atoms with Crippen molar-refractivity contribution in [2.45, 2.75) is 32.7 Å². The molecule has 0 saturated heterocycles. The Morgan fingerprint density at radius 2 is 2.03 bits per heavy atom. The van der Waals surface area contributed by atoms with Gasteiger partial charge in [0.25, 0.3) is 0 Å². The number of hydrogen-bond acceptors (Lipinski definition) is 7.